The van der Waals surface area contributed by atoms with E-state index in [0.29, 0.717) is 25.1 Å². The van der Waals surface area contributed by atoms with E-state index < -0.39 is 0 Å². The molecule has 1 aliphatic carbocycles. The minimum atomic E-state index is 0.0287. The molecule has 10 heteroatoms. The smallest absolute Gasteiger partial charge is 0.242 e. The second kappa shape index (κ2) is 8.12. The first-order valence-electron chi connectivity index (χ1n) is 11.0. The molecule has 166 valence electrons. The van der Waals surface area contributed by atoms with Crippen LogP contribution in [0.25, 0.3) is 11.3 Å². The number of amides is 1. The van der Waals surface area contributed by atoms with Crippen LogP contribution in [0.4, 0.5) is 5.95 Å². The summed E-state index contributed by atoms with van der Waals surface area (Å²) in [5.41, 5.74) is 6.11. The van der Waals surface area contributed by atoms with Crippen LogP contribution in [0.2, 0.25) is 0 Å². The molecule has 4 aromatic rings. The number of imidazole rings is 1. The Hall–Kier alpha value is -4.08. The number of benzene rings is 1. The van der Waals surface area contributed by atoms with Crippen LogP contribution in [0.5, 0.6) is 0 Å². The Labute approximate surface area is 190 Å². The summed E-state index contributed by atoms with van der Waals surface area (Å²) in [6, 6.07) is 8.83. The van der Waals surface area contributed by atoms with Crippen molar-refractivity contribution >= 4 is 11.9 Å². The number of carbonyl (C=O) groups excluding carboxylic acids is 1. The number of hydrogen-bond acceptors (Lipinski definition) is 7. The van der Waals surface area contributed by atoms with Gasteiger partial charge >= 0.3 is 0 Å². The first-order valence-corrected chi connectivity index (χ1v) is 11.0. The molecule has 1 aromatic carbocycles. The van der Waals surface area contributed by atoms with Crippen molar-refractivity contribution in [1.29, 1.82) is 0 Å². The number of H-pyrrole nitrogens is 1. The van der Waals surface area contributed by atoms with E-state index in [1.165, 1.54) is 11.1 Å². The summed E-state index contributed by atoms with van der Waals surface area (Å²) in [4.78, 5) is 27.9. The number of hydrogen-bond donors (Lipinski definition) is 2. The Balaban J connectivity index is 1.07. The lowest BCUT2D eigenvalue weighted by Gasteiger charge is -2.25. The van der Waals surface area contributed by atoms with Gasteiger partial charge in [0.05, 0.1) is 24.3 Å². The highest BCUT2D eigenvalue weighted by Gasteiger charge is 2.24. The van der Waals surface area contributed by atoms with Crippen LogP contribution in [-0.2, 0) is 37.1 Å². The standard InChI is InChI=1S/C23H23N9O/c33-22(32-6-5-19-21(12-32)29-30-28-19)13-31-11-20(26-14-31)17-9-24-23(25-10-17)27-18-7-15-3-1-2-4-16(15)8-18/h1-4,9-11,14,18H,5-8,12-13H2,(H,24,25,27)(H,28,29,30). The second-order valence-electron chi connectivity index (χ2n) is 8.53. The minimum absolute atomic E-state index is 0.0287. The van der Waals surface area contributed by atoms with Crippen molar-refractivity contribution in [2.75, 3.05) is 11.9 Å². The number of aromatic amines is 1. The van der Waals surface area contributed by atoms with E-state index in [1.54, 1.807) is 28.2 Å². The summed E-state index contributed by atoms with van der Waals surface area (Å²) in [6.45, 7) is 1.36. The third-order valence-electron chi connectivity index (χ3n) is 6.30. The normalized spacial score (nSPS) is 15.3. The van der Waals surface area contributed by atoms with Gasteiger partial charge in [-0.2, -0.15) is 15.4 Å². The maximum atomic E-state index is 12.7. The molecule has 0 unspecified atom stereocenters. The van der Waals surface area contributed by atoms with Crippen molar-refractivity contribution < 1.29 is 4.79 Å². The second-order valence-corrected chi connectivity index (χ2v) is 8.53. The highest BCUT2D eigenvalue weighted by Crippen LogP contribution is 2.24. The van der Waals surface area contributed by atoms with Crippen molar-refractivity contribution in [2.45, 2.75) is 38.4 Å². The molecule has 0 atom stereocenters. The first kappa shape index (κ1) is 19.6. The zero-order valence-electron chi connectivity index (χ0n) is 18.0. The number of aromatic nitrogens is 7. The Morgan fingerprint density at radius 1 is 1.06 bits per heavy atom. The van der Waals surface area contributed by atoms with Crippen LogP contribution < -0.4 is 5.32 Å². The molecule has 0 saturated carbocycles. The Kier molecular flexibility index (Phi) is 4.82. The Morgan fingerprint density at radius 2 is 1.82 bits per heavy atom. The molecule has 6 rings (SSSR count). The molecule has 0 saturated heterocycles. The zero-order chi connectivity index (χ0) is 22.2. The van der Waals surface area contributed by atoms with Crippen molar-refractivity contribution in [3.8, 4) is 11.3 Å². The molecule has 10 nitrogen and oxygen atoms in total. The molecule has 3 aromatic heterocycles. The lowest BCUT2D eigenvalue weighted by Crippen LogP contribution is -2.37. The van der Waals surface area contributed by atoms with Gasteiger partial charge in [0.1, 0.15) is 12.2 Å². The maximum Gasteiger partial charge on any atom is 0.242 e. The fraction of sp³-hybridized carbons (Fsp3) is 0.304. The van der Waals surface area contributed by atoms with Gasteiger partial charge in [-0.05, 0) is 24.0 Å². The number of anilines is 1. The number of carbonyl (C=O) groups is 1. The van der Waals surface area contributed by atoms with E-state index >= 15 is 0 Å². The largest absolute Gasteiger partial charge is 0.351 e. The quantitative estimate of drug-likeness (QED) is 0.483. The van der Waals surface area contributed by atoms with Crippen LogP contribution in [0.1, 0.15) is 22.5 Å². The van der Waals surface area contributed by atoms with Gasteiger partial charge in [0.15, 0.2) is 0 Å². The summed E-state index contributed by atoms with van der Waals surface area (Å²) in [5.74, 6) is 0.643. The summed E-state index contributed by atoms with van der Waals surface area (Å²) in [7, 11) is 0. The van der Waals surface area contributed by atoms with Gasteiger partial charge in [-0.3, -0.25) is 4.79 Å². The molecule has 0 bridgehead atoms. The number of fused-ring (bicyclic) bond motifs is 2. The average Bonchev–Trinajstić information content (AvgIpc) is 3.58. The van der Waals surface area contributed by atoms with Gasteiger partial charge in [0, 0.05) is 43.2 Å². The van der Waals surface area contributed by atoms with Gasteiger partial charge in [-0.25, -0.2) is 15.0 Å². The molecular weight excluding hydrogens is 418 g/mol. The van der Waals surface area contributed by atoms with Crippen LogP contribution in [-0.4, -0.2) is 58.3 Å². The molecule has 0 fully saturated rings. The van der Waals surface area contributed by atoms with E-state index in [2.05, 4.69) is 59.9 Å². The van der Waals surface area contributed by atoms with Gasteiger partial charge in [0.2, 0.25) is 11.9 Å². The molecule has 0 radical (unpaired) electrons. The fourth-order valence-electron chi connectivity index (χ4n) is 4.55. The lowest BCUT2D eigenvalue weighted by atomic mass is 10.1. The average molecular weight is 441 g/mol. The van der Waals surface area contributed by atoms with E-state index in [-0.39, 0.29) is 12.5 Å². The topological polar surface area (TPSA) is 118 Å². The number of nitrogens with zero attached hydrogens (tertiary/aromatic N) is 7. The minimum Gasteiger partial charge on any atom is -0.351 e. The van der Waals surface area contributed by atoms with Crippen LogP contribution in [0.15, 0.2) is 49.2 Å². The van der Waals surface area contributed by atoms with E-state index in [0.717, 1.165) is 41.9 Å². The summed E-state index contributed by atoms with van der Waals surface area (Å²) in [5, 5.41) is 14.3. The lowest BCUT2D eigenvalue weighted by molar-refractivity contribution is -0.132. The van der Waals surface area contributed by atoms with Gasteiger partial charge in [0.25, 0.3) is 0 Å². The molecule has 33 heavy (non-hydrogen) atoms. The van der Waals surface area contributed by atoms with Crippen LogP contribution in [0, 0.1) is 0 Å². The predicted molar refractivity (Wildman–Crippen MR) is 120 cm³/mol. The number of rotatable bonds is 5. The van der Waals surface area contributed by atoms with Gasteiger partial charge < -0.3 is 14.8 Å². The summed E-state index contributed by atoms with van der Waals surface area (Å²) in [6.07, 6.45) is 9.73. The van der Waals surface area contributed by atoms with Crippen molar-refractivity contribution in [1.82, 2.24) is 39.8 Å². The maximum absolute atomic E-state index is 12.7. The summed E-state index contributed by atoms with van der Waals surface area (Å²) < 4.78 is 1.79. The SMILES string of the molecule is O=C(Cn1cnc(-c2cnc(NC3Cc4ccccc4C3)nc2)c1)N1CCc2n[nH]nc2C1. The molecule has 2 N–H and O–H groups in total. The highest BCUT2D eigenvalue weighted by atomic mass is 16.2. The monoisotopic (exact) mass is 441 g/mol. The number of nitrogens with one attached hydrogen (secondary N) is 2. The van der Waals surface area contributed by atoms with E-state index in [1.807, 2.05) is 6.20 Å². The summed E-state index contributed by atoms with van der Waals surface area (Å²) >= 11 is 0. The van der Waals surface area contributed by atoms with Gasteiger partial charge in [-0.1, -0.05) is 24.3 Å². The Morgan fingerprint density at radius 3 is 2.61 bits per heavy atom. The predicted octanol–water partition coefficient (Wildman–Crippen LogP) is 1.62. The van der Waals surface area contributed by atoms with Crippen molar-refractivity contribution in [3.63, 3.8) is 0 Å². The zero-order valence-corrected chi connectivity index (χ0v) is 18.0. The van der Waals surface area contributed by atoms with Crippen molar-refractivity contribution in [3.05, 3.63) is 71.7 Å². The first-order chi connectivity index (χ1) is 16.2. The van der Waals surface area contributed by atoms with E-state index in [4.69, 9.17) is 0 Å². The van der Waals surface area contributed by atoms with Crippen LogP contribution in [0.3, 0.4) is 0 Å². The molecule has 0 spiro atoms. The fourth-order valence-corrected chi connectivity index (χ4v) is 4.55. The molecule has 1 aliphatic heterocycles. The third kappa shape index (κ3) is 3.95. The molecule has 4 heterocycles. The molecule has 2 aliphatic rings. The van der Waals surface area contributed by atoms with E-state index in [9.17, 15) is 4.79 Å². The van der Waals surface area contributed by atoms with Gasteiger partial charge in [-0.15, -0.1) is 0 Å². The van der Waals surface area contributed by atoms with Crippen LogP contribution >= 0.6 is 0 Å². The Bertz CT molecular complexity index is 1270. The third-order valence-corrected chi connectivity index (χ3v) is 6.30. The van der Waals surface area contributed by atoms with Crippen molar-refractivity contribution in [2.24, 2.45) is 0 Å². The molecule has 1 amide bonds. The molecular formula is C23H23N9O. The highest BCUT2D eigenvalue weighted by molar-refractivity contribution is 5.76.